The van der Waals surface area contributed by atoms with Gasteiger partial charge in [-0.15, -0.1) is 0 Å². The molecular formula is C18H20N2O5S. The summed E-state index contributed by atoms with van der Waals surface area (Å²) >= 11 is 0. The molecule has 0 radical (unpaired) electrons. The molecule has 1 heterocycles. The molecule has 7 nitrogen and oxygen atoms in total. The molecule has 2 aromatic rings. The van der Waals surface area contributed by atoms with Crippen molar-refractivity contribution < 1.29 is 22.7 Å². The second-order valence-corrected chi connectivity index (χ2v) is 8.09. The quantitative estimate of drug-likeness (QED) is 0.836. The number of nitrogens with one attached hydrogen (secondary N) is 2. The van der Waals surface area contributed by atoms with E-state index in [0.29, 0.717) is 18.0 Å². The Morgan fingerprint density at radius 1 is 1.12 bits per heavy atom. The first-order chi connectivity index (χ1) is 12.3. The van der Waals surface area contributed by atoms with Crippen LogP contribution in [0.15, 0.2) is 47.4 Å². The minimum atomic E-state index is -3.23. The highest BCUT2D eigenvalue weighted by atomic mass is 32.2. The largest absolute Gasteiger partial charge is 0.454 e. The van der Waals surface area contributed by atoms with Crippen LogP contribution in [0.1, 0.15) is 24.1 Å². The monoisotopic (exact) mass is 376 g/mol. The van der Waals surface area contributed by atoms with Gasteiger partial charge in [0.05, 0.1) is 10.9 Å². The van der Waals surface area contributed by atoms with Gasteiger partial charge in [0, 0.05) is 12.8 Å². The van der Waals surface area contributed by atoms with Crippen LogP contribution in [0.3, 0.4) is 0 Å². The molecule has 0 saturated heterocycles. The van der Waals surface area contributed by atoms with E-state index in [1.165, 1.54) is 12.1 Å². The van der Waals surface area contributed by atoms with Gasteiger partial charge in [0.25, 0.3) is 0 Å². The van der Waals surface area contributed by atoms with Crippen molar-refractivity contribution in [3.05, 3.63) is 53.6 Å². The summed E-state index contributed by atoms with van der Waals surface area (Å²) < 4.78 is 33.5. The fourth-order valence-electron chi connectivity index (χ4n) is 2.57. The van der Waals surface area contributed by atoms with Crippen LogP contribution in [0, 0.1) is 0 Å². The fourth-order valence-corrected chi connectivity index (χ4v) is 3.20. The molecule has 2 N–H and O–H groups in total. The number of ether oxygens (including phenoxy) is 2. The zero-order valence-electron chi connectivity index (χ0n) is 14.5. The van der Waals surface area contributed by atoms with E-state index in [1.807, 2.05) is 25.1 Å². The van der Waals surface area contributed by atoms with Crippen molar-refractivity contribution in [3.63, 3.8) is 0 Å². The molecule has 0 spiro atoms. The third-order valence-electron chi connectivity index (χ3n) is 4.05. The summed E-state index contributed by atoms with van der Waals surface area (Å²) in [6.07, 6.45) is 1.16. The van der Waals surface area contributed by atoms with Crippen LogP contribution in [-0.4, -0.2) is 27.5 Å². The molecule has 0 fully saturated rings. The Morgan fingerprint density at radius 2 is 1.81 bits per heavy atom. The number of benzene rings is 2. The number of carbonyl (C=O) groups is 1. The Kier molecular flexibility index (Phi) is 5.03. The molecular weight excluding hydrogens is 356 g/mol. The smallest absolute Gasteiger partial charge is 0.315 e. The van der Waals surface area contributed by atoms with E-state index in [9.17, 15) is 13.2 Å². The first-order valence-corrected chi connectivity index (χ1v) is 9.95. The molecule has 1 aliphatic heterocycles. The zero-order valence-corrected chi connectivity index (χ0v) is 15.3. The first-order valence-electron chi connectivity index (χ1n) is 8.06. The number of hydrogen-bond acceptors (Lipinski definition) is 5. The highest BCUT2D eigenvalue weighted by Crippen LogP contribution is 2.32. The third-order valence-corrected chi connectivity index (χ3v) is 5.17. The number of urea groups is 1. The molecule has 2 amide bonds. The molecule has 26 heavy (non-hydrogen) atoms. The lowest BCUT2D eigenvalue weighted by atomic mass is 10.1. The van der Waals surface area contributed by atoms with Gasteiger partial charge in [0.1, 0.15) is 0 Å². The molecule has 0 aliphatic carbocycles. The van der Waals surface area contributed by atoms with Crippen molar-refractivity contribution in [2.75, 3.05) is 13.0 Å². The second-order valence-electron chi connectivity index (χ2n) is 6.08. The topological polar surface area (TPSA) is 93.7 Å². The summed E-state index contributed by atoms with van der Waals surface area (Å²) in [5.41, 5.74) is 1.71. The Balaban J connectivity index is 1.54. The van der Waals surface area contributed by atoms with Gasteiger partial charge in [-0.3, -0.25) is 0 Å². The van der Waals surface area contributed by atoms with Gasteiger partial charge in [-0.05, 0) is 42.3 Å². The van der Waals surface area contributed by atoms with E-state index in [4.69, 9.17) is 9.47 Å². The average molecular weight is 376 g/mol. The van der Waals surface area contributed by atoms with Crippen LogP contribution in [0.4, 0.5) is 4.79 Å². The molecule has 0 bridgehead atoms. The number of fused-ring (bicyclic) bond motifs is 1. The number of hydrogen-bond donors (Lipinski definition) is 2. The summed E-state index contributed by atoms with van der Waals surface area (Å²) in [6, 6.07) is 11.4. The maximum absolute atomic E-state index is 12.1. The Morgan fingerprint density at radius 3 is 2.50 bits per heavy atom. The normalized spacial score (nSPS) is 13.9. The maximum atomic E-state index is 12.1. The standard InChI is InChI=1S/C18H20N2O5S/c1-12(14-4-6-15(7-5-14)26(2,22)23)20-18(21)19-10-13-3-8-16-17(9-13)25-11-24-16/h3-9,12H,10-11H2,1-2H3,(H2,19,20,21). The highest BCUT2D eigenvalue weighted by molar-refractivity contribution is 7.90. The molecule has 1 aliphatic rings. The van der Waals surface area contributed by atoms with Gasteiger partial charge < -0.3 is 20.1 Å². The lowest BCUT2D eigenvalue weighted by Gasteiger charge is -2.15. The van der Waals surface area contributed by atoms with E-state index in [2.05, 4.69) is 10.6 Å². The van der Waals surface area contributed by atoms with Gasteiger partial charge in [-0.2, -0.15) is 0 Å². The minimum Gasteiger partial charge on any atom is -0.454 e. The molecule has 0 saturated carbocycles. The van der Waals surface area contributed by atoms with Crippen molar-refractivity contribution in [1.29, 1.82) is 0 Å². The third kappa shape index (κ3) is 4.26. The summed E-state index contributed by atoms with van der Waals surface area (Å²) in [5, 5.41) is 5.61. The fraction of sp³-hybridized carbons (Fsp3) is 0.278. The number of carbonyl (C=O) groups excluding carboxylic acids is 1. The van der Waals surface area contributed by atoms with E-state index in [1.54, 1.807) is 12.1 Å². The van der Waals surface area contributed by atoms with Crippen molar-refractivity contribution in [1.82, 2.24) is 10.6 Å². The van der Waals surface area contributed by atoms with Crippen molar-refractivity contribution in [2.24, 2.45) is 0 Å². The van der Waals surface area contributed by atoms with Crippen molar-refractivity contribution >= 4 is 15.9 Å². The Bertz CT molecular complexity index is 910. The zero-order chi connectivity index (χ0) is 18.7. The summed E-state index contributed by atoms with van der Waals surface area (Å²) in [6.45, 7) is 2.39. The summed E-state index contributed by atoms with van der Waals surface area (Å²) in [4.78, 5) is 12.3. The van der Waals surface area contributed by atoms with Crippen LogP contribution in [0.2, 0.25) is 0 Å². The predicted molar refractivity (Wildman–Crippen MR) is 95.9 cm³/mol. The Labute approximate surface area is 152 Å². The van der Waals surface area contributed by atoms with Crippen molar-refractivity contribution in [2.45, 2.75) is 24.4 Å². The average Bonchev–Trinajstić information content (AvgIpc) is 3.07. The SMILES string of the molecule is CC(NC(=O)NCc1ccc2c(c1)OCO2)c1ccc(S(C)(=O)=O)cc1. The van der Waals surface area contributed by atoms with Crippen molar-refractivity contribution in [3.8, 4) is 11.5 Å². The van der Waals surface area contributed by atoms with Gasteiger partial charge in [-0.25, -0.2) is 13.2 Å². The van der Waals surface area contributed by atoms with Gasteiger partial charge in [-0.1, -0.05) is 18.2 Å². The lowest BCUT2D eigenvalue weighted by molar-refractivity contribution is 0.174. The van der Waals surface area contributed by atoms with E-state index >= 15 is 0 Å². The molecule has 8 heteroatoms. The Hall–Kier alpha value is -2.74. The molecule has 0 aromatic heterocycles. The molecule has 2 aromatic carbocycles. The number of sulfone groups is 1. The maximum Gasteiger partial charge on any atom is 0.315 e. The number of amides is 2. The lowest BCUT2D eigenvalue weighted by Crippen LogP contribution is -2.36. The van der Waals surface area contributed by atoms with Gasteiger partial charge >= 0.3 is 6.03 Å². The van der Waals surface area contributed by atoms with Crippen LogP contribution in [0.25, 0.3) is 0 Å². The van der Waals surface area contributed by atoms with Crippen LogP contribution in [0.5, 0.6) is 11.5 Å². The first kappa shape index (κ1) is 18.1. The molecule has 138 valence electrons. The van der Waals surface area contributed by atoms with E-state index < -0.39 is 9.84 Å². The molecule has 1 atom stereocenters. The highest BCUT2D eigenvalue weighted by Gasteiger charge is 2.14. The van der Waals surface area contributed by atoms with E-state index in [-0.39, 0.29) is 23.8 Å². The van der Waals surface area contributed by atoms with Gasteiger partial charge in [0.15, 0.2) is 21.3 Å². The van der Waals surface area contributed by atoms with E-state index in [0.717, 1.165) is 17.4 Å². The summed E-state index contributed by atoms with van der Waals surface area (Å²) in [7, 11) is -3.23. The van der Waals surface area contributed by atoms with Crippen LogP contribution >= 0.6 is 0 Å². The van der Waals surface area contributed by atoms with Crippen LogP contribution < -0.4 is 20.1 Å². The van der Waals surface area contributed by atoms with Gasteiger partial charge in [0.2, 0.25) is 6.79 Å². The van der Waals surface area contributed by atoms with Crippen LogP contribution in [-0.2, 0) is 16.4 Å². The second kappa shape index (κ2) is 7.25. The molecule has 1 unspecified atom stereocenters. The number of rotatable bonds is 5. The predicted octanol–water partition coefficient (Wildman–Crippen LogP) is 2.38. The minimum absolute atomic E-state index is 0.211. The molecule has 3 rings (SSSR count). The summed E-state index contributed by atoms with van der Waals surface area (Å²) in [5.74, 6) is 1.37.